The van der Waals surface area contributed by atoms with Gasteiger partial charge in [0.2, 0.25) is 5.91 Å². The molecule has 20 heavy (non-hydrogen) atoms. The predicted octanol–water partition coefficient (Wildman–Crippen LogP) is 2.46. The summed E-state index contributed by atoms with van der Waals surface area (Å²) in [6.07, 6.45) is 0.949. The van der Waals surface area contributed by atoms with E-state index in [0.29, 0.717) is 11.6 Å². The average Bonchev–Trinajstić information content (AvgIpc) is 2.94. The van der Waals surface area contributed by atoms with Crippen molar-refractivity contribution in [3.8, 4) is 5.75 Å². The van der Waals surface area contributed by atoms with Gasteiger partial charge in [-0.1, -0.05) is 18.2 Å². The zero-order chi connectivity index (χ0) is 13.9. The minimum absolute atomic E-state index is 0.291. The van der Waals surface area contributed by atoms with Gasteiger partial charge in [0, 0.05) is 34.8 Å². The molecular formula is C15H16N2O2S. The van der Waals surface area contributed by atoms with Gasteiger partial charge in [-0.05, 0) is 12.1 Å². The van der Waals surface area contributed by atoms with Crippen LogP contribution in [0, 0.1) is 0 Å². The van der Waals surface area contributed by atoms with Crippen molar-refractivity contribution in [1.82, 2.24) is 5.32 Å². The highest BCUT2D eigenvalue weighted by atomic mass is 32.1. The van der Waals surface area contributed by atoms with Crippen molar-refractivity contribution in [2.45, 2.75) is 19.0 Å². The van der Waals surface area contributed by atoms with E-state index in [4.69, 9.17) is 10.5 Å². The zero-order valence-electron chi connectivity index (χ0n) is 11.0. The molecule has 0 spiro atoms. The maximum atomic E-state index is 11.1. The first-order valence-corrected chi connectivity index (χ1v) is 7.44. The molecule has 3 rings (SSSR count). The van der Waals surface area contributed by atoms with E-state index in [-0.39, 0.29) is 5.91 Å². The van der Waals surface area contributed by atoms with Crippen molar-refractivity contribution >= 4 is 17.2 Å². The smallest absolute Gasteiger partial charge is 0.249 e. The molecule has 1 aliphatic rings. The molecule has 0 saturated heterocycles. The molecule has 0 radical (unpaired) electrons. The molecular weight excluding hydrogens is 272 g/mol. The summed E-state index contributed by atoms with van der Waals surface area (Å²) in [6.45, 7) is 1.46. The van der Waals surface area contributed by atoms with Crippen LogP contribution in [0.5, 0.6) is 5.75 Å². The monoisotopic (exact) mass is 288 g/mol. The van der Waals surface area contributed by atoms with E-state index in [1.165, 1.54) is 5.56 Å². The standard InChI is InChI=1S/C15H16N2O2S/c16-15(18)10-7-11(20-9-10)8-17-13-5-6-19-14-4-2-1-3-12(13)14/h1-4,7,9,13,17H,5-6,8H2,(H2,16,18). The van der Waals surface area contributed by atoms with Crippen molar-refractivity contribution in [1.29, 1.82) is 0 Å². The topological polar surface area (TPSA) is 64.4 Å². The zero-order valence-corrected chi connectivity index (χ0v) is 11.8. The first kappa shape index (κ1) is 13.1. The van der Waals surface area contributed by atoms with Crippen molar-refractivity contribution in [2.24, 2.45) is 5.73 Å². The molecule has 1 amide bonds. The maximum Gasteiger partial charge on any atom is 0.249 e. The van der Waals surface area contributed by atoms with E-state index in [0.717, 1.165) is 30.2 Å². The molecule has 1 aromatic carbocycles. The van der Waals surface area contributed by atoms with Crippen molar-refractivity contribution in [2.75, 3.05) is 6.61 Å². The van der Waals surface area contributed by atoms with Crippen molar-refractivity contribution < 1.29 is 9.53 Å². The number of para-hydroxylation sites is 1. The number of amides is 1. The number of fused-ring (bicyclic) bond motifs is 1. The van der Waals surface area contributed by atoms with E-state index < -0.39 is 0 Å². The third-order valence-electron chi connectivity index (χ3n) is 3.42. The highest BCUT2D eigenvalue weighted by molar-refractivity contribution is 7.10. The van der Waals surface area contributed by atoms with Gasteiger partial charge in [0.15, 0.2) is 0 Å². The molecule has 4 nitrogen and oxygen atoms in total. The van der Waals surface area contributed by atoms with Crippen molar-refractivity contribution in [3.05, 3.63) is 51.7 Å². The van der Waals surface area contributed by atoms with Crippen LogP contribution in [0.2, 0.25) is 0 Å². The number of rotatable bonds is 4. The molecule has 1 unspecified atom stereocenters. The molecule has 2 heterocycles. The van der Waals surface area contributed by atoms with E-state index >= 15 is 0 Å². The first-order chi connectivity index (χ1) is 9.74. The number of hydrogen-bond donors (Lipinski definition) is 2. The number of ether oxygens (including phenoxy) is 1. The van der Waals surface area contributed by atoms with Gasteiger partial charge in [0.05, 0.1) is 12.2 Å². The summed E-state index contributed by atoms with van der Waals surface area (Å²) in [6, 6.07) is 10.2. The number of hydrogen-bond acceptors (Lipinski definition) is 4. The molecule has 104 valence electrons. The summed E-state index contributed by atoms with van der Waals surface area (Å²) in [4.78, 5) is 12.2. The number of carbonyl (C=O) groups is 1. The Morgan fingerprint density at radius 3 is 3.10 bits per heavy atom. The van der Waals surface area contributed by atoms with Gasteiger partial charge < -0.3 is 15.8 Å². The molecule has 2 aromatic rings. The van der Waals surface area contributed by atoms with Crippen LogP contribution in [0.15, 0.2) is 35.7 Å². The van der Waals surface area contributed by atoms with E-state index in [1.54, 1.807) is 16.7 Å². The van der Waals surface area contributed by atoms with Crippen LogP contribution >= 0.6 is 11.3 Å². The quantitative estimate of drug-likeness (QED) is 0.908. The number of nitrogens with two attached hydrogens (primary N) is 1. The SMILES string of the molecule is NC(=O)c1csc(CNC2CCOc3ccccc32)c1. The highest BCUT2D eigenvalue weighted by Gasteiger charge is 2.20. The minimum atomic E-state index is -0.371. The summed E-state index contributed by atoms with van der Waals surface area (Å²) in [7, 11) is 0. The molecule has 5 heteroatoms. The summed E-state index contributed by atoms with van der Waals surface area (Å²) in [5, 5.41) is 5.33. The summed E-state index contributed by atoms with van der Waals surface area (Å²) in [5.41, 5.74) is 7.04. The molecule has 0 bridgehead atoms. The number of thiophene rings is 1. The molecule has 0 aliphatic carbocycles. The first-order valence-electron chi connectivity index (χ1n) is 6.56. The predicted molar refractivity (Wildman–Crippen MR) is 79.0 cm³/mol. The lowest BCUT2D eigenvalue weighted by molar-refractivity contribution is 0.100. The van der Waals surface area contributed by atoms with Gasteiger partial charge in [-0.15, -0.1) is 11.3 Å². The second-order valence-electron chi connectivity index (χ2n) is 4.77. The van der Waals surface area contributed by atoms with Gasteiger partial charge in [-0.3, -0.25) is 4.79 Å². The van der Waals surface area contributed by atoms with E-state index in [1.807, 2.05) is 24.3 Å². The molecule has 1 atom stereocenters. The fourth-order valence-corrected chi connectivity index (χ4v) is 3.20. The van der Waals surface area contributed by atoms with Crippen LogP contribution in [0.3, 0.4) is 0 Å². The Labute approximate surface area is 121 Å². The minimum Gasteiger partial charge on any atom is -0.493 e. The van der Waals surface area contributed by atoms with Crippen molar-refractivity contribution in [3.63, 3.8) is 0 Å². The van der Waals surface area contributed by atoms with E-state index in [9.17, 15) is 4.79 Å². The highest BCUT2D eigenvalue weighted by Crippen LogP contribution is 2.31. The van der Waals surface area contributed by atoms with Crippen LogP contribution < -0.4 is 15.8 Å². The maximum absolute atomic E-state index is 11.1. The van der Waals surface area contributed by atoms with Gasteiger partial charge in [0.25, 0.3) is 0 Å². The third kappa shape index (κ3) is 2.69. The summed E-state index contributed by atoms with van der Waals surface area (Å²) in [5.74, 6) is 0.587. The second-order valence-corrected chi connectivity index (χ2v) is 5.77. The Hall–Kier alpha value is -1.85. The van der Waals surface area contributed by atoms with E-state index in [2.05, 4.69) is 11.4 Å². The van der Waals surface area contributed by atoms with Gasteiger partial charge >= 0.3 is 0 Å². The Morgan fingerprint density at radius 1 is 1.45 bits per heavy atom. The summed E-state index contributed by atoms with van der Waals surface area (Å²) >= 11 is 1.55. The largest absolute Gasteiger partial charge is 0.493 e. The molecule has 1 aliphatic heterocycles. The number of carbonyl (C=O) groups excluding carboxylic acids is 1. The van der Waals surface area contributed by atoms with Gasteiger partial charge in [-0.25, -0.2) is 0 Å². The Morgan fingerprint density at radius 2 is 2.30 bits per heavy atom. The molecule has 0 fully saturated rings. The average molecular weight is 288 g/mol. The third-order valence-corrected chi connectivity index (χ3v) is 4.36. The normalized spacial score (nSPS) is 17.3. The Bertz CT molecular complexity index is 624. The lowest BCUT2D eigenvalue weighted by atomic mass is 10.0. The fourth-order valence-electron chi connectivity index (χ4n) is 2.38. The molecule has 1 aromatic heterocycles. The lowest BCUT2D eigenvalue weighted by Gasteiger charge is -2.26. The lowest BCUT2D eigenvalue weighted by Crippen LogP contribution is -2.26. The molecule has 0 saturated carbocycles. The van der Waals surface area contributed by atoms with Crippen LogP contribution in [-0.2, 0) is 6.54 Å². The second kappa shape index (κ2) is 5.64. The molecule has 3 N–H and O–H groups in total. The van der Waals surface area contributed by atoms with Gasteiger partial charge in [0.1, 0.15) is 5.75 Å². The van der Waals surface area contributed by atoms with Crippen LogP contribution in [0.1, 0.15) is 33.3 Å². The Kier molecular flexibility index (Phi) is 3.71. The summed E-state index contributed by atoms with van der Waals surface area (Å²) < 4.78 is 5.64. The van der Waals surface area contributed by atoms with Crippen LogP contribution in [0.4, 0.5) is 0 Å². The number of primary amides is 1. The van der Waals surface area contributed by atoms with Gasteiger partial charge in [-0.2, -0.15) is 0 Å². The van der Waals surface area contributed by atoms with Crippen LogP contribution in [-0.4, -0.2) is 12.5 Å². The van der Waals surface area contributed by atoms with Crippen LogP contribution in [0.25, 0.3) is 0 Å². The fraction of sp³-hybridized carbons (Fsp3) is 0.267. The number of nitrogens with one attached hydrogen (secondary N) is 1. The Balaban J connectivity index is 1.68. The number of benzene rings is 1.